The largest absolute Gasteiger partial charge is 0.493 e. The molecule has 1 aromatic rings. The van der Waals surface area contributed by atoms with Crippen LogP contribution >= 0.6 is 23.2 Å². The molecule has 0 aliphatic rings. The fourth-order valence-corrected chi connectivity index (χ4v) is 1.07. The van der Waals surface area contributed by atoms with Crippen molar-refractivity contribution in [1.29, 1.82) is 0 Å². The number of hydrogen-bond acceptors (Lipinski definition) is 4. The Morgan fingerprint density at radius 3 is 2.33 bits per heavy atom. The second kappa shape index (κ2) is 3.69. The van der Waals surface area contributed by atoms with Gasteiger partial charge in [-0.1, -0.05) is 23.2 Å². The van der Waals surface area contributed by atoms with Gasteiger partial charge in [-0.2, -0.15) is 0 Å². The molecule has 0 amide bonds. The summed E-state index contributed by atoms with van der Waals surface area (Å²) in [5, 5.41) is 6.88. The molecule has 64 valence electrons. The number of halogens is 2. The molecule has 0 saturated carbocycles. The predicted molar refractivity (Wildman–Crippen MR) is 44.0 cm³/mol. The van der Waals surface area contributed by atoms with Crippen molar-refractivity contribution < 1.29 is 9.53 Å². The molecule has 0 spiro atoms. The Bertz CT molecular complexity index is 317. The lowest BCUT2D eigenvalue weighted by Crippen LogP contribution is -1.97. The summed E-state index contributed by atoms with van der Waals surface area (Å²) in [6.45, 7) is 0. The molecule has 12 heavy (non-hydrogen) atoms. The Hall–Kier alpha value is -0.870. The SMILES string of the molecule is COc1c(Cl)nnc(Cl)c1C=O. The van der Waals surface area contributed by atoms with Gasteiger partial charge in [0.15, 0.2) is 22.3 Å². The van der Waals surface area contributed by atoms with Crippen molar-refractivity contribution in [2.75, 3.05) is 7.11 Å². The number of carbonyl (C=O) groups excluding carboxylic acids is 1. The third-order valence-electron chi connectivity index (χ3n) is 1.20. The summed E-state index contributed by atoms with van der Waals surface area (Å²) < 4.78 is 4.80. The van der Waals surface area contributed by atoms with Crippen LogP contribution in [0.1, 0.15) is 10.4 Å². The highest BCUT2D eigenvalue weighted by molar-refractivity contribution is 6.34. The number of methoxy groups -OCH3 is 1. The highest BCUT2D eigenvalue weighted by Gasteiger charge is 2.13. The van der Waals surface area contributed by atoms with Gasteiger partial charge < -0.3 is 4.74 Å². The number of rotatable bonds is 2. The molecule has 0 unspecified atom stereocenters. The molecule has 4 nitrogen and oxygen atoms in total. The van der Waals surface area contributed by atoms with Crippen LogP contribution in [0, 0.1) is 0 Å². The van der Waals surface area contributed by atoms with Crippen LogP contribution in [-0.2, 0) is 0 Å². The third kappa shape index (κ3) is 1.49. The van der Waals surface area contributed by atoms with Crippen molar-refractivity contribution in [3.63, 3.8) is 0 Å². The number of aldehydes is 1. The van der Waals surface area contributed by atoms with Crippen LogP contribution in [0.2, 0.25) is 10.3 Å². The summed E-state index contributed by atoms with van der Waals surface area (Å²) in [5.41, 5.74) is 0.110. The van der Waals surface area contributed by atoms with Crippen molar-refractivity contribution in [1.82, 2.24) is 10.2 Å². The summed E-state index contributed by atoms with van der Waals surface area (Å²) in [7, 11) is 1.37. The van der Waals surface area contributed by atoms with E-state index in [4.69, 9.17) is 27.9 Å². The van der Waals surface area contributed by atoms with Crippen LogP contribution < -0.4 is 4.74 Å². The van der Waals surface area contributed by atoms with Gasteiger partial charge in [0.05, 0.1) is 12.7 Å². The zero-order valence-electron chi connectivity index (χ0n) is 6.04. The molecule has 6 heteroatoms. The number of ether oxygens (including phenoxy) is 1. The molecule has 0 fully saturated rings. The smallest absolute Gasteiger partial charge is 0.194 e. The van der Waals surface area contributed by atoms with Gasteiger partial charge >= 0.3 is 0 Å². The van der Waals surface area contributed by atoms with E-state index in [9.17, 15) is 4.79 Å². The van der Waals surface area contributed by atoms with Crippen molar-refractivity contribution >= 4 is 29.5 Å². The van der Waals surface area contributed by atoms with Crippen molar-refractivity contribution in [3.8, 4) is 5.75 Å². The lowest BCUT2D eigenvalue weighted by atomic mass is 10.3. The van der Waals surface area contributed by atoms with Crippen LogP contribution in [0.4, 0.5) is 0 Å². The number of aromatic nitrogens is 2. The highest BCUT2D eigenvalue weighted by atomic mass is 35.5. The zero-order valence-corrected chi connectivity index (χ0v) is 7.56. The minimum atomic E-state index is -0.0220. The molecule has 1 rings (SSSR count). The molecule has 0 saturated heterocycles. The van der Waals surface area contributed by atoms with Gasteiger partial charge in [-0.15, -0.1) is 10.2 Å². The maximum atomic E-state index is 10.5. The van der Waals surface area contributed by atoms with E-state index in [1.165, 1.54) is 7.11 Å². The van der Waals surface area contributed by atoms with E-state index in [1.54, 1.807) is 0 Å². The molecular formula is C6H4Cl2N2O2. The van der Waals surface area contributed by atoms with E-state index in [0.717, 1.165) is 0 Å². The average Bonchev–Trinajstić information content (AvgIpc) is 2.08. The first-order chi connectivity index (χ1) is 5.70. The first-order valence-corrected chi connectivity index (χ1v) is 3.67. The number of carbonyl (C=O) groups is 1. The standard InChI is InChI=1S/C6H4Cl2N2O2/c1-12-4-3(2-11)5(7)9-10-6(4)8/h2H,1H3. The monoisotopic (exact) mass is 206 g/mol. The molecule has 1 aromatic heterocycles. The predicted octanol–water partition coefficient (Wildman–Crippen LogP) is 1.60. The van der Waals surface area contributed by atoms with Gasteiger partial charge in [-0.3, -0.25) is 4.79 Å². The van der Waals surface area contributed by atoms with E-state index in [-0.39, 0.29) is 21.6 Å². The third-order valence-corrected chi connectivity index (χ3v) is 1.73. The topological polar surface area (TPSA) is 52.1 Å². The molecule has 0 aliphatic carbocycles. The summed E-state index contributed by atoms with van der Waals surface area (Å²) in [6.07, 6.45) is 0.516. The van der Waals surface area contributed by atoms with Crippen molar-refractivity contribution in [3.05, 3.63) is 15.9 Å². The van der Waals surface area contributed by atoms with Gasteiger partial charge in [-0.05, 0) is 0 Å². The first kappa shape index (κ1) is 9.22. The van der Waals surface area contributed by atoms with Gasteiger partial charge in [-0.25, -0.2) is 0 Å². The Labute approximate surface area is 78.5 Å². The van der Waals surface area contributed by atoms with Crippen LogP contribution in [0.5, 0.6) is 5.75 Å². The zero-order chi connectivity index (χ0) is 9.14. The molecule has 0 aromatic carbocycles. The van der Waals surface area contributed by atoms with Crippen molar-refractivity contribution in [2.24, 2.45) is 0 Å². The Balaban J connectivity index is 3.38. The first-order valence-electron chi connectivity index (χ1n) is 2.91. The maximum absolute atomic E-state index is 10.5. The Morgan fingerprint density at radius 1 is 1.33 bits per heavy atom. The van der Waals surface area contributed by atoms with E-state index >= 15 is 0 Å². The molecule has 0 atom stereocenters. The summed E-state index contributed by atoms with van der Waals surface area (Å²) in [6, 6.07) is 0. The summed E-state index contributed by atoms with van der Waals surface area (Å²) >= 11 is 11.1. The fraction of sp³-hybridized carbons (Fsp3) is 0.167. The molecule has 0 radical (unpaired) electrons. The van der Waals surface area contributed by atoms with Gasteiger partial charge in [0.2, 0.25) is 0 Å². The van der Waals surface area contributed by atoms with E-state index < -0.39 is 0 Å². The van der Waals surface area contributed by atoms with Gasteiger partial charge in [0, 0.05) is 0 Å². The normalized spacial score (nSPS) is 9.58. The lowest BCUT2D eigenvalue weighted by molar-refractivity contribution is 0.112. The van der Waals surface area contributed by atoms with Crippen LogP contribution in [0.25, 0.3) is 0 Å². The highest BCUT2D eigenvalue weighted by Crippen LogP contribution is 2.28. The fourth-order valence-electron chi connectivity index (χ4n) is 0.688. The van der Waals surface area contributed by atoms with E-state index in [1.807, 2.05) is 0 Å². The summed E-state index contributed by atoms with van der Waals surface area (Å²) in [4.78, 5) is 10.5. The van der Waals surface area contributed by atoms with Crippen LogP contribution in [-0.4, -0.2) is 23.6 Å². The van der Waals surface area contributed by atoms with Gasteiger partial charge in [0.1, 0.15) is 0 Å². The molecular weight excluding hydrogens is 203 g/mol. The molecule has 1 heterocycles. The summed E-state index contributed by atoms with van der Waals surface area (Å²) in [5.74, 6) is 0.145. The van der Waals surface area contributed by atoms with Gasteiger partial charge in [0.25, 0.3) is 0 Å². The Kier molecular flexibility index (Phi) is 2.83. The lowest BCUT2D eigenvalue weighted by Gasteiger charge is -2.03. The molecule has 0 bridgehead atoms. The maximum Gasteiger partial charge on any atom is 0.194 e. The van der Waals surface area contributed by atoms with Crippen LogP contribution in [0.3, 0.4) is 0 Å². The molecule has 0 aliphatic heterocycles. The average molecular weight is 207 g/mol. The quantitative estimate of drug-likeness (QED) is 0.691. The number of hydrogen-bond donors (Lipinski definition) is 0. The van der Waals surface area contributed by atoms with Crippen LogP contribution in [0.15, 0.2) is 0 Å². The minimum absolute atomic E-state index is 0.0176. The molecule has 0 N–H and O–H groups in total. The second-order valence-electron chi connectivity index (χ2n) is 1.85. The van der Waals surface area contributed by atoms with E-state index in [0.29, 0.717) is 6.29 Å². The minimum Gasteiger partial charge on any atom is -0.493 e. The Morgan fingerprint density at radius 2 is 1.92 bits per heavy atom. The van der Waals surface area contributed by atoms with Crippen molar-refractivity contribution in [2.45, 2.75) is 0 Å². The van der Waals surface area contributed by atoms with E-state index in [2.05, 4.69) is 10.2 Å². The number of nitrogens with zero attached hydrogens (tertiary/aromatic N) is 2. The second-order valence-corrected chi connectivity index (χ2v) is 2.56.